The molecule has 2 rings (SSSR count). The van der Waals surface area contributed by atoms with Gasteiger partial charge in [0.15, 0.2) is 11.5 Å². The molecule has 1 N–H and O–H groups in total. The lowest BCUT2D eigenvalue weighted by atomic mass is 9.95. The van der Waals surface area contributed by atoms with Gasteiger partial charge >= 0.3 is 6.03 Å². The topological polar surface area (TPSA) is 50.8 Å². The van der Waals surface area contributed by atoms with E-state index < -0.39 is 0 Å². The van der Waals surface area contributed by atoms with Gasteiger partial charge in [0.1, 0.15) is 0 Å². The molecule has 2 amide bonds. The van der Waals surface area contributed by atoms with Gasteiger partial charge in [-0.05, 0) is 30.5 Å². The Morgan fingerprint density at radius 2 is 1.86 bits per heavy atom. The maximum atomic E-state index is 12.3. The van der Waals surface area contributed by atoms with Crippen molar-refractivity contribution in [1.29, 1.82) is 0 Å². The van der Waals surface area contributed by atoms with Gasteiger partial charge in [0, 0.05) is 19.6 Å². The molecule has 22 heavy (non-hydrogen) atoms. The molecule has 0 heterocycles. The van der Waals surface area contributed by atoms with E-state index in [0.717, 1.165) is 18.4 Å². The molecule has 0 aliphatic heterocycles. The highest BCUT2D eigenvalue weighted by molar-refractivity contribution is 5.74. The fraction of sp³-hybridized carbons (Fsp3) is 0.588. The fourth-order valence-corrected chi connectivity index (χ4v) is 2.93. The van der Waals surface area contributed by atoms with Gasteiger partial charge in [-0.2, -0.15) is 0 Å². The van der Waals surface area contributed by atoms with E-state index in [0.29, 0.717) is 24.1 Å². The predicted octanol–water partition coefficient (Wildman–Crippen LogP) is 3.18. The Morgan fingerprint density at radius 1 is 1.18 bits per heavy atom. The van der Waals surface area contributed by atoms with Crippen molar-refractivity contribution in [3.63, 3.8) is 0 Å². The van der Waals surface area contributed by atoms with Crippen molar-refractivity contribution in [2.45, 2.75) is 44.7 Å². The van der Waals surface area contributed by atoms with E-state index in [-0.39, 0.29) is 6.03 Å². The first-order valence-electron chi connectivity index (χ1n) is 7.87. The standard InChI is InChI=1S/C17H26N2O3/c1-19(14-7-5-4-6-8-14)17(20)18-12-13-9-10-15(21-2)16(11-13)22-3/h9-11,14H,4-8,12H2,1-3H3,(H,18,20). The van der Waals surface area contributed by atoms with E-state index >= 15 is 0 Å². The zero-order valence-corrected chi connectivity index (χ0v) is 13.7. The van der Waals surface area contributed by atoms with Crippen LogP contribution in [-0.4, -0.2) is 38.2 Å². The number of methoxy groups -OCH3 is 2. The highest BCUT2D eigenvalue weighted by atomic mass is 16.5. The highest BCUT2D eigenvalue weighted by Crippen LogP contribution is 2.27. The number of amides is 2. The van der Waals surface area contributed by atoms with E-state index in [9.17, 15) is 4.79 Å². The molecule has 5 heteroatoms. The number of carbonyl (C=O) groups excluding carboxylic acids is 1. The molecule has 0 radical (unpaired) electrons. The quantitative estimate of drug-likeness (QED) is 0.909. The van der Waals surface area contributed by atoms with E-state index in [1.807, 2.05) is 30.1 Å². The van der Waals surface area contributed by atoms with Crippen LogP contribution in [0.15, 0.2) is 18.2 Å². The predicted molar refractivity (Wildman–Crippen MR) is 86.4 cm³/mol. The molecule has 122 valence electrons. The number of carbonyl (C=O) groups is 1. The monoisotopic (exact) mass is 306 g/mol. The third kappa shape index (κ3) is 4.06. The van der Waals surface area contributed by atoms with Crippen molar-refractivity contribution >= 4 is 6.03 Å². The van der Waals surface area contributed by atoms with E-state index in [2.05, 4.69) is 5.32 Å². The van der Waals surface area contributed by atoms with Crippen LogP contribution in [-0.2, 0) is 6.54 Å². The van der Waals surface area contributed by atoms with Crippen LogP contribution in [0.25, 0.3) is 0 Å². The van der Waals surface area contributed by atoms with Crippen molar-refractivity contribution < 1.29 is 14.3 Å². The molecule has 0 bridgehead atoms. The zero-order chi connectivity index (χ0) is 15.9. The number of urea groups is 1. The van der Waals surface area contributed by atoms with Crippen molar-refractivity contribution in [2.24, 2.45) is 0 Å². The Balaban J connectivity index is 1.90. The van der Waals surface area contributed by atoms with Gasteiger partial charge in [-0.25, -0.2) is 4.79 Å². The molecule has 0 unspecified atom stereocenters. The first-order valence-corrected chi connectivity index (χ1v) is 7.87. The number of benzene rings is 1. The van der Waals surface area contributed by atoms with Gasteiger partial charge in [0.25, 0.3) is 0 Å². The zero-order valence-electron chi connectivity index (χ0n) is 13.7. The Labute approximate surface area is 132 Å². The third-order valence-electron chi connectivity index (χ3n) is 4.33. The van der Waals surface area contributed by atoms with Crippen molar-refractivity contribution in [3.05, 3.63) is 23.8 Å². The van der Waals surface area contributed by atoms with Crippen LogP contribution in [0.2, 0.25) is 0 Å². The number of hydrogen-bond acceptors (Lipinski definition) is 3. The van der Waals surface area contributed by atoms with Gasteiger partial charge in [-0.15, -0.1) is 0 Å². The number of nitrogens with zero attached hydrogens (tertiary/aromatic N) is 1. The lowest BCUT2D eigenvalue weighted by Crippen LogP contribution is -2.44. The average molecular weight is 306 g/mol. The van der Waals surface area contributed by atoms with E-state index in [4.69, 9.17) is 9.47 Å². The highest BCUT2D eigenvalue weighted by Gasteiger charge is 2.21. The Hall–Kier alpha value is -1.91. The summed E-state index contributed by atoms with van der Waals surface area (Å²) in [5.41, 5.74) is 0.989. The van der Waals surface area contributed by atoms with E-state index in [1.54, 1.807) is 14.2 Å². The fourth-order valence-electron chi connectivity index (χ4n) is 2.93. The summed E-state index contributed by atoms with van der Waals surface area (Å²) in [5, 5.41) is 2.98. The number of ether oxygens (including phenoxy) is 2. The minimum Gasteiger partial charge on any atom is -0.493 e. The van der Waals surface area contributed by atoms with Gasteiger partial charge in [-0.3, -0.25) is 0 Å². The van der Waals surface area contributed by atoms with Crippen LogP contribution in [0, 0.1) is 0 Å². The second-order valence-corrected chi connectivity index (χ2v) is 5.75. The van der Waals surface area contributed by atoms with Crippen LogP contribution in [0.5, 0.6) is 11.5 Å². The van der Waals surface area contributed by atoms with Crippen LogP contribution in [0.3, 0.4) is 0 Å². The second-order valence-electron chi connectivity index (χ2n) is 5.75. The first kappa shape index (κ1) is 16.5. The van der Waals surface area contributed by atoms with Crippen LogP contribution >= 0.6 is 0 Å². The van der Waals surface area contributed by atoms with Crippen LogP contribution < -0.4 is 14.8 Å². The Morgan fingerprint density at radius 3 is 2.50 bits per heavy atom. The van der Waals surface area contributed by atoms with Crippen LogP contribution in [0.4, 0.5) is 4.79 Å². The SMILES string of the molecule is COc1ccc(CNC(=O)N(C)C2CCCCC2)cc1OC. The summed E-state index contributed by atoms with van der Waals surface area (Å²) in [6, 6.07) is 6.04. The molecular formula is C17H26N2O3. The molecule has 1 fully saturated rings. The third-order valence-corrected chi connectivity index (χ3v) is 4.33. The summed E-state index contributed by atoms with van der Waals surface area (Å²) in [6.45, 7) is 0.482. The minimum absolute atomic E-state index is 0.0123. The Kier molecular flexibility index (Phi) is 5.92. The lowest BCUT2D eigenvalue weighted by Gasteiger charge is -2.31. The molecular weight excluding hydrogens is 280 g/mol. The molecule has 0 atom stereocenters. The Bertz CT molecular complexity index is 499. The number of nitrogens with one attached hydrogen (secondary N) is 1. The number of rotatable bonds is 5. The van der Waals surface area contributed by atoms with Crippen LogP contribution in [0.1, 0.15) is 37.7 Å². The largest absolute Gasteiger partial charge is 0.493 e. The molecule has 1 aliphatic carbocycles. The van der Waals surface area contributed by atoms with Crippen molar-refractivity contribution in [3.8, 4) is 11.5 Å². The van der Waals surface area contributed by atoms with Gasteiger partial charge in [0.05, 0.1) is 14.2 Å². The summed E-state index contributed by atoms with van der Waals surface area (Å²) in [4.78, 5) is 14.1. The molecule has 5 nitrogen and oxygen atoms in total. The molecule has 0 aromatic heterocycles. The molecule has 0 saturated heterocycles. The molecule has 1 saturated carbocycles. The summed E-state index contributed by atoms with van der Waals surface area (Å²) in [5.74, 6) is 1.37. The first-order chi connectivity index (χ1) is 10.7. The van der Waals surface area contributed by atoms with E-state index in [1.165, 1.54) is 19.3 Å². The molecule has 1 aromatic carbocycles. The maximum absolute atomic E-state index is 12.3. The molecule has 0 spiro atoms. The average Bonchev–Trinajstić information content (AvgIpc) is 2.59. The summed E-state index contributed by atoms with van der Waals surface area (Å²) < 4.78 is 10.5. The summed E-state index contributed by atoms with van der Waals surface area (Å²) in [7, 11) is 5.11. The van der Waals surface area contributed by atoms with Gasteiger partial charge in [0.2, 0.25) is 0 Å². The lowest BCUT2D eigenvalue weighted by molar-refractivity contribution is 0.173. The van der Waals surface area contributed by atoms with Crippen molar-refractivity contribution in [1.82, 2.24) is 10.2 Å². The van der Waals surface area contributed by atoms with Gasteiger partial charge < -0.3 is 19.7 Å². The molecule has 1 aliphatic rings. The number of hydrogen-bond donors (Lipinski definition) is 1. The van der Waals surface area contributed by atoms with Crippen molar-refractivity contribution in [2.75, 3.05) is 21.3 Å². The normalized spacial score (nSPS) is 15.2. The smallest absolute Gasteiger partial charge is 0.317 e. The maximum Gasteiger partial charge on any atom is 0.317 e. The minimum atomic E-state index is -0.0123. The molecule has 1 aromatic rings. The summed E-state index contributed by atoms with van der Waals surface area (Å²) in [6.07, 6.45) is 5.95. The van der Waals surface area contributed by atoms with Gasteiger partial charge in [-0.1, -0.05) is 25.3 Å². The second kappa shape index (κ2) is 7.92. The summed E-state index contributed by atoms with van der Waals surface area (Å²) >= 11 is 0.